The minimum atomic E-state index is -0.467. The van der Waals surface area contributed by atoms with Crippen LogP contribution in [0.15, 0.2) is 0 Å². The van der Waals surface area contributed by atoms with E-state index < -0.39 is 12.1 Å². The van der Waals surface area contributed by atoms with Crippen molar-refractivity contribution in [2.45, 2.75) is 60.7 Å². The Kier molecular flexibility index (Phi) is 5.83. The van der Waals surface area contributed by atoms with E-state index in [-0.39, 0.29) is 17.9 Å². The van der Waals surface area contributed by atoms with Crippen LogP contribution in [-0.2, 0) is 14.3 Å². The van der Waals surface area contributed by atoms with Crippen molar-refractivity contribution in [2.75, 3.05) is 13.7 Å². The van der Waals surface area contributed by atoms with Gasteiger partial charge in [-0.05, 0) is 0 Å². The van der Waals surface area contributed by atoms with Crippen molar-refractivity contribution >= 4 is 37.6 Å². The van der Waals surface area contributed by atoms with Gasteiger partial charge in [0.2, 0.25) is 0 Å². The number of ketones is 1. The average Bonchev–Trinajstić information content (AvgIpc) is 2.71. The molecular weight excluding hydrogens is 453 g/mol. The molecule has 1 heterocycles. The van der Waals surface area contributed by atoms with E-state index in [0.717, 1.165) is 16.3 Å². The SMILES string of the molecule is COC(=O)N1C(C)CC(=O)C1COC1CC[CH]([Pb])CC1. The molecule has 0 aromatic carbocycles. The first-order valence-corrected chi connectivity index (χ1v) is 9.49. The Balaban J connectivity index is 1.89. The van der Waals surface area contributed by atoms with Gasteiger partial charge in [0.15, 0.2) is 0 Å². The van der Waals surface area contributed by atoms with E-state index in [1.807, 2.05) is 6.92 Å². The van der Waals surface area contributed by atoms with E-state index in [2.05, 4.69) is 0 Å². The van der Waals surface area contributed by atoms with E-state index in [9.17, 15) is 9.59 Å². The molecule has 1 saturated carbocycles. The first kappa shape index (κ1) is 16.2. The average molecular weight is 476 g/mol. The molecule has 0 N–H and O–H groups in total. The molecule has 5 nitrogen and oxygen atoms in total. The number of methoxy groups -OCH3 is 1. The molecular formula is C14H22NO4Pb. The van der Waals surface area contributed by atoms with Gasteiger partial charge in [0.1, 0.15) is 0 Å². The molecule has 2 fully saturated rings. The van der Waals surface area contributed by atoms with Gasteiger partial charge in [0.25, 0.3) is 0 Å². The molecule has 0 aromatic rings. The van der Waals surface area contributed by atoms with Crippen LogP contribution >= 0.6 is 0 Å². The van der Waals surface area contributed by atoms with Gasteiger partial charge in [0.05, 0.1) is 0 Å². The van der Waals surface area contributed by atoms with E-state index in [4.69, 9.17) is 9.47 Å². The number of rotatable bonds is 3. The van der Waals surface area contributed by atoms with Gasteiger partial charge in [0, 0.05) is 0 Å². The molecule has 2 rings (SSSR count). The Hall–Kier alpha value is -0.178. The Morgan fingerprint density at radius 3 is 2.60 bits per heavy atom. The minimum absolute atomic E-state index is 0.0829. The Morgan fingerprint density at radius 2 is 2.00 bits per heavy atom. The summed E-state index contributed by atoms with van der Waals surface area (Å²) in [5.41, 5.74) is 0. The van der Waals surface area contributed by atoms with Crippen molar-refractivity contribution in [2.24, 2.45) is 0 Å². The van der Waals surface area contributed by atoms with Crippen LogP contribution in [0.25, 0.3) is 0 Å². The molecule has 1 aliphatic carbocycles. The zero-order chi connectivity index (χ0) is 14.7. The summed E-state index contributed by atoms with van der Waals surface area (Å²) < 4.78 is 11.6. The number of hydrogen-bond donors (Lipinski definition) is 0. The summed E-state index contributed by atoms with van der Waals surface area (Å²) >= 11 is 1.26. The van der Waals surface area contributed by atoms with Crippen LogP contribution < -0.4 is 0 Å². The molecule has 20 heavy (non-hydrogen) atoms. The van der Waals surface area contributed by atoms with Gasteiger partial charge in [-0.2, -0.15) is 0 Å². The first-order valence-electron chi connectivity index (χ1n) is 7.24. The molecule has 2 unspecified atom stereocenters. The van der Waals surface area contributed by atoms with Crippen molar-refractivity contribution in [3.63, 3.8) is 0 Å². The first-order chi connectivity index (χ1) is 9.52. The normalized spacial score (nSPS) is 34.4. The number of carbonyl (C=O) groups excluding carboxylic acids is 2. The summed E-state index contributed by atoms with van der Waals surface area (Å²) in [6, 6.07) is -0.563. The van der Waals surface area contributed by atoms with Gasteiger partial charge in [-0.3, -0.25) is 0 Å². The third-order valence-electron chi connectivity index (χ3n) is 4.23. The van der Waals surface area contributed by atoms with Gasteiger partial charge in [-0.1, -0.05) is 0 Å². The van der Waals surface area contributed by atoms with Gasteiger partial charge in [-0.15, -0.1) is 0 Å². The summed E-state index contributed by atoms with van der Waals surface area (Å²) in [6.45, 7) is 2.19. The number of ether oxygens (including phenoxy) is 2. The monoisotopic (exact) mass is 476 g/mol. The van der Waals surface area contributed by atoms with Crippen LogP contribution in [0, 0.1) is 0 Å². The van der Waals surface area contributed by atoms with E-state index in [1.54, 1.807) is 0 Å². The van der Waals surface area contributed by atoms with Gasteiger partial charge < -0.3 is 0 Å². The van der Waals surface area contributed by atoms with Gasteiger partial charge in [-0.25, -0.2) is 0 Å². The maximum absolute atomic E-state index is 12.0. The molecule has 1 amide bonds. The summed E-state index contributed by atoms with van der Waals surface area (Å²) in [4.78, 5) is 25.3. The molecule has 0 bridgehead atoms. The molecule has 6 heteroatoms. The second-order valence-corrected chi connectivity index (χ2v) is 8.89. The second-order valence-electron chi connectivity index (χ2n) is 5.72. The van der Waals surface area contributed by atoms with Crippen molar-refractivity contribution in [3.8, 4) is 0 Å². The fraction of sp³-hybridized carbons (Fsp3) is 0.857. The van der Waals surface area contributed by atoms with E-state index >= 15 is 0 Å². The number of carbonyl (C=O) groups is 2. The topological polar surface area (TPSA) is 55.8 Å². The fourth-order valence-corrected chi connectivity index (χ4v) is 4.33. The van der Waals surface area contributed by atoms with Crippen molar-refractivity contribution in [1.82, 2.24) is 4.90 Å². The number of Topliss-reactive ketones (excluding diaryl/α,β-unsaturated/α-hetero) is 1. The molecule has 1 saturated heterocycles. The predicted molar refractivity (Wildman–Crippen MR) is 74.8 cm³/mol. The molecule has 2 atom stereocenters. The van der Waals surface area contributed by atoms with E-state index in [0.29, 0.717) is 13.0 Å². The predicted octanol–water partition coefficient (Wildman–Crippen LogP) is 1.70. The van der Waals surface area contributed by atoms with Crippen LogP contribution in [0.1, 0.15) is 39.0 Å². The van der Waals surface area contributed by atoms with E-state index in [1.165, 1.54) is 50.6 Å². The van der Waals surface area contributed by atoms with Crippen molar-refractivity contribution < 1.29 is 19.1 Å². The zero-order valence-electron chi connectivity index (χ0n) is 12.1. The van der Waals surface area contributed by atoms with Crippen LogP contribution in [-0.4, -0.2) is 74.4 Å². The zero-order valence-corrected chi connectivity index (χ0v) is 16.0. The second kappa shape index (κ2) is 7.20. The Labute approximate surface area is 136 Å². The summed E-state index contributed by atoms with van der Waals surface area (Å²) in [7, 11) is 1.35. The maximum atomic E-state index is 12.0. The molecule has 1 aliphatic heterocycles. The molecule has 0 spiro atoms. The molecule has 2 aliphatic rings. The van der Waals surface area contributed by atoms with Crippen molar-refractivity contribution in [3.05, 3.63) is 0 Å². The third kappa shape index (κ3) is 3.72. The summed E-state index contributed by atoms with van der Waals surface area (Å²) in [5, 5.41) is 0. The molecule has 3 radical (unpaired) electrons. The number of hydrogen-bond acceptors (Lipinski definition) is 4. The van der Waals surface area contributed by atoms with Crippen LogP contribution in [0.3, 0.4) is 0 Å². The molecule has 111 valence electrons. The van der Waals surface area contributed by atoms with Gasteiger partial charge >= 0.3 is 136 Å². The molecule has 0 aromatic heterocycles. The summed E-state index contributed by atoms with van der Waals surface area (Å²) in [6.07, 6.45) is 4.88. The number of amides is 1. The van der Waals surface area contributed by atoms with Crippen LogP contribution in [0.2, 0.25) is 3.48 Å². The third-order valence-corrected chi connectivity index (χ3v) is 6.47. The Bertz CT molecular complexity index is 368. The summed E-state index contributed by atoms with van der Waals surface area (Å²) in [5.74, 6) is 0.0829. The Morgan fingerprint density at radius 1 is 1.35 bits per heavy atom. The van der Waals surface area contributed by atoms with Crippen molar-refractivity contribution in [1.29, 1.82) is 0 Å². The van der Waals surface area contributed by atoms with Crippen LogP contribution in [0.5, 0.6) is 0 Å². The number of nitrogens with zero attached hydrogens (tertiary/aromatic N) is 1. The van der Waals surface area contributed by atoms with Crippen LogP contribution in [0.4, 0.5) is 4.79 Å². The quantitative estimate of drug-likeness (QED) is 0.584. The standard InChI is InChI=1S/C14H22NO4.Pb/c1-10-8-13(16)12(15(10)14(17)18-2)9-19-11-6-4-3-5-7-11;/h3,10-12H,4-9H2,1-2H3;. The number of likely N-dealkylation sites (tertiary alicyclic amines) is 1. The fourth-order valence-electron chi connectivity index (χ4n) is 3.03.